The number of carboxylic acid groups (broad SMARTS) is 1. The van der Waals surface area contributed by atoms with Crippen molar-refractivity contribution in [2.45, 2.75) is 13.3 Å². The summed E-state index contributed by atoms with van der Waals surface area (Å²) in [7, 11) is 0. The van der Waals surface area contributed by atoms with Crippen LogP contribution in [0.3, 0.4) is 0 Å². The topological polar surface area (TPSA) is 50.2 Å². The number of carbonyl (C=O) groups is 1. The van der Waals surface area contributed by atoms with Crippen molar-refractivity contribution in [3.05, 3.63) is 28.8 Å². The number of hydrogen-bond acceptors (Lipinski definition) is 2. The zero-order chi connectivity index (χ0) is 10.9. The van der Waals surface area contributed by atoms with Crippen molar-refractivity contribution < 1.29 is 23.1 Å². The lowest BCUT2D eigenvalue weighted by molar-refractivity contribution is 0.0675. The van der Waals surface area contributed by atoms with Crippen LogP contribution in [0.15, 0.2) is 6.07 Å². The molecule has 1 rings (SSSR count). The van der Waals surface area contributed by atoms with E-state index >= 15 is 0 Å². The molecule has 1 heterocycles. The van der Waals surface area contributed by atoms with Crippen LogP contribution in [-0.4, -0.2) is 16.1 Å². The third-order valence-corrected chi connectivity index (χ3v) is 1.65. The van der Waals surface area contributed by atoms with Crippen LogP contribution in [0, 0.1) is 12.9 Å². The van der Waals surface area contributed by atoms with Crippen molar-refractivity contribution in [3.8, 4) is 0 Å². The van der Waals surface area contributed by atoms with E-state index in [0.717, 1.165) is 6.07 Å². The molecule has 0 spiro atoms. The van der Waals surface area contributed by atoms with Crippen LogP contribution < -0.4 is 0 Å². The van der Waals surface area contributed by atoms with Crippen LogP contribution in [-0.2, 0) is 0 Å². The average molecular weight is 205 g/mol. The maximum atomic E-state index is 12.6. The van der Waals surface area contributed by atoms with Crippen molar-refractivity contribution in [2.24, 2.45) is 0 Å². The van der Waals surface area contributed by atoms with Gasteiger partial charge in [0, 0.05) is 0 Å². The minimum Gasteiger partial charge on any atom is -0.476 e. The fraction of sp³-hybridized carbons (Fsp3) is 0.250. The third-order valence-electron chi connectivity index (χ3n) is 1.65. The molecule has 0 amide bonds. The molecular formula is C8H6F3NO2. The number of pyridine rings is 1. The molecule has 0 bridgehead atoms. The first-order chi connectivity index (χ1) is 6.43. The lowest BCUT2D eigenvalue weighted by Gasteiger charge is -2.07. The van der Waals surface area contributed by atoms with Gasteiger partial charge in [0.15, 0.2) is 5.69 Å². The Labute approximate surface area is 77.2 Å². The van der Waals surface area contributed by atoms with Gasteiger partial charge in [-0.05, 0) is 18.6 Å². The number of aryl methyl sites for hydroxylation is 1. The smallest absolute Gasteiger partial charge is 0.355 e. The van der Waals surface area contributed by atoms with E-state index in [-0.39, 0.29) is 5.56 Å². The Morgan fingerprint density at radius 3 is 2.57 bits per heavy atom. The molecule has 3 nitrogen and oxygen atoms in total. The first-order valence-electron chi connectivity index (χ1n) is 3.62. The highest BCUT2D eigenvalue weighted by Gasteiger charge is 2.22. The molecule has 1 aromatic rings. The molecule has 1 aromatic heterocycles. The van der Waals surface area contributed by atoms with Gasteiger partial charge >= 0.3 is 5.97 Å². The summed E-state index contributed by atoms with van der Waals surface area (Å²) in [6, 6.07) is 0.772. The summed E-state index contributed by atoms with van der Waals surface area (Å²) in [5.74, 6) is -2.74. The van der Waals surface area contributed by atoms with Gasteiger partial charge < -0.3 is 5.11 Å². The summed E-state index contributed by atoms with van der Waals surface area (Å²) in [4.78, 5) is 13.4. The molecule has 0 unspecified atom stereocenters. The highest BCUT2D eigenvalue weighted by Crippen LogP contribution is 2.25. The first-order valence-corrected chi connectivity index (χ1v) is 3.62. The zero-order valence-corrected chi connectivity index (χ0v) is 7.09. The number of halogens is 3. The van der Waals surface area contributed by atoms with Crippen molar-refractivity contribution in [1.82, 2.24) is 4.98 Å². The minimum absolute atomic E-state index is 0.120. The van der Waals surface area contributed by atoms with Crippen molar-refractivity contribution >= 4 is 5.97 Å². The standard InChI is InChI=1S/C8H6F3NO2/c1-3-2-4(9)12-6(8(13)14)5(3)7(10)11/h2,7H,1H3,(H,13,14). The van der Waals surface area contributed by atoms with E-state index in [0.29, 0.717) is 0 Å². The van der Waals surface area contributed by atoms with E-state index in [1.807, 2.05) is 0 Å². The molecule has 0 fully saturated rings. The SMILES string of the molecule is Cc1cc(F)nc(C(=O)O)c1C(F)F. The summed E-state index contributed by atoms with van der Waals surface area (Å²) in [6.07, 6.45) is -2.98. The van der Waals surface area contributed by atoms with Crippen LogP contribution in [0.25, 0.3) is 0 Å². The van der Waals surface area contributed by atoms with Gasteiger partial charge in [0.1, 0.15) is 0 Å². The molecule has 0 saturated heterocycles. The number of aromatic nitrogens is 1. The van der Waals surface area contributed by atoms with E-state index < -0.39 is 29.6 Å². The van der Waals surface area contributed by atoms with Gasteiger partial charge in [-0.2, -0.15) is 4.39 Å². The van der Waals surface area contributed by atoms with Crippen molar-refractivity contribution in [3.63, 3.8) is 0 Å². The summed E-state index contributed by atoms with van der Waals surface area (Å²) in [5.41, 5.74) is -1.79. The molecule has 1 N–H and O–H groups in total. The summed E-state index contributed by atoms with van der Waals surface area (Å²) in [5, 5.41) is 8.50. The number of hydrogen-bond donors (Lipinski definition) is 1. The number of nitrogens with zero attached hydrogens (tertiary/aromatic N) is 1. The summed E-state index contributed by atoms with van der Waals surface area (Å²) >= 11 is 0. The van der Waals surface area contributed by atoms with E-state index in [1.54, 1.807) is 0 Å². The first kappa shape index (κ1) is 10.5. The number of alkyl halides is 2. The summed E-state index contributed by atoms with van der Waals surface area (Å²) < 4.78 is 37.3. The Morgan fingerprint density at radius 1 is 1.57 bits per heavy atom. The molecular weight excluding hydrogens is 199 g/mol. The van der Waals surface area contributed by atoms with E-state index in [9.17, 15) is 18.0 Å². The van der Waals surface area contributed by atoms with Gasteiger partial charge in [-0.25, -0.2) is 18.6 Å². The zero-order valence-electron chi connectivity index (χ0n) is 7.09. The Morgan fingerprint density at radius 2 is 2.14 bits per heavy atom. The van der Waals surface area contributed by atoms with Crippen LogP contribution in [0.2, 0.25) is 0 Å². The molecule has 0 saturated carbocycles. The quantitative estimate of drug-likeness (QED) is 0.752. The Kier molecular flexibility index (Phi) is 2.73. The average Bonchev–Trinajstić information content (AvgIpc) is 2.01. The second-order valence-corrected chi connectivity index (χ2v) is 2.63. The van der Waals surface area contributed by atoms with Gasteiger partial charge in [0.2, 0.25) is 5.95 Å². The molecule has 6 heteroatoms. The van der Waals surface area contributed by atoms with E-state index in [1.165, 1.54) is 6.92 Å². The van der Waals surface area contributed by atoms with E-state index in [4.69, 9.17) is 5.11 Å². The number of rotatable bonds is 2. The third kappa shape index (κ3) is 1.84. The second kappa shape index (κ2) is 3.65. The lowest BCUT2D eigenvalue weighted by Crippen LogP contribution is -2.09. The van der Waals surface area contributed by atoms with Gasteiger partial charge in [-0.1, -0.05) is 0 Å². The second-order valence-electron chi connectivity index (χ2n) is 2.63. The van der Waals surface area contributed by atoms with Crippen molar-refractivity contribution in [2.75, 3.05) is 0 Å². The Balaban J connectivity index is 3.44. The highest BCUT2D eigenvalue weighted by molar-refractivity contribution is 5.87. The molecule has 0 aromatic carbocycles. The summed E-state index contributed by atoms with van der Waals surface area (Å²) in [6.45, 7) is 1.21. The maximum absolute atomic E-state index is 12.6. The fourth-order valence-corrected chi connectivity index (χ4v) is 1.08. The van der Waals surface area contributed by atoms with Gasteiger partial charge in [0.05, 0.1) is 5.56 Å². The van der Waals surface area contributed by atoms with Gasteiger partial charge in [-0.3, -0.25) is 0 Å². The molecule has 0 atom stereocenters. The molecule has 0 aliphatic heterocycles. The van der Waals surface area contributed by atoms with Gasteiger partial charge in [0.25, 0.3) is 6.43 Å². The van der Waals surface area contributed by atoms with E-state index in [2.05, 4.69) is 4.98 Å². The van der Waals surface area contributed by atoms with Crippen LogP contribution in [0.4, 0.5) is 13.2 Å². The van der Waals surface area contributed by atoms with Gasteiger partial charge in [-0.15, -0.1) is 0 Å². The predicted octanol–water partition coefficient (Wildman–Crippen LogP) is 2.16. The Hall–Kier alpha value is -1.59. The van der Waals surface area contributed by atoms with Crippen LogP contribution >= 0.6 is 0 Å². The van der Waals surface area contributed by atoms with Crippen molar-refractivity contribution in [1.29, 1.82) is 0 Å². The maximum Gasteiger partial charge on any atom is 0.355 e. The number of carboxylic acids is 1. The molecule has 14 heavy (non-hydrogen) atoms. The normalized spacial score (nSPS) is 10.6. The van der Waals surface area contributed by atoms with Crippen LogP contribution in [0.5, 0.6) is 0 Å². The Bertz CT molecular complexity index is 379. The molecule has 0 radical (unpaired) electrons. The molecule has 0 aliphatic carbocycles. The number of aromatic carboxylic acids is 1. The largest absolute Gasteiger partial charge is 0.476 e. The minimum atomic E-state index is -2.98. The van der Waals surface area contributed by atoms with Crippen LogP contribution in [0.1, 0.15) is 28.0 Å². The molecule has 0 aliphatic rings. The predicted molar refractivity (Wildman–Crippen MR) is 40.8 cm³/mol. The molecule has 76 valence electrons. The highest BCUT2D eigenvalue weighted by atomic mass is 19.3. The lowest BCUT2D eigenvalue weighted by atomic mass is 10.1. The monoisotopic (exact) mass is 205 g/mol. The fourth-order valence-electron chi connectivity index (χ4n) is 1.08.